The summed E-state index contributed by atoms with van der Waals surface area (Å²) < 4.78 is 2.07. The van der Waals surface area contributed by atoms with E-state index in [-0.39, 0.29) is 0 Å². The van der Waals surface area contributed by atoms with Crippen molar-refractivity contribution in [1.82, 2.24) is 35.2 Å². The molecule has 1 aromatic heterocycles. The maximum atomic E-state index is 4.67. The number of hydrogen-bond acceptors (Lipinski definition) is 5. The zero-order valence-corrected chi connectivity index (χ0v) is 16.3. The normalized spacial score (nSPS) is 31.2. The molecule has 144 valence electrons. The summed E-state index contributed by atoms with van der Waals surface area (Å²) in [5, 5.41) is 11.8. The maximum absolute atomic E-state index is 4.67. The number of rotatable bonds is 4. The lowest BCUT2D eigenvalue weighted by molar-refractivity contribution is 0.0154. The Morgan fingerprint density at radius 1 is 1.23 bits per heavy atom. The van der Waals surface area contributed by atoms with Gasteiger partial charge in [-0.25, -0.2) is 9.67 Å². The molecule has 2 bridgehead atoms. The minimum atomic E-state index is 0.349. The van der Waals surface area contributed by atoms with Crippen molar-refractivity contribution in [3.05, 3.63) is 11.6 Å². The van der Waals surface area contributed by atoms with Crippen molar-refractivity contribution < 1.29 is 0 Å². The number of nitrogens with one attached hydrogen (secondary N) is 2. The number of aromatic nitrogens is 3. The third-order valence-electron chi connectivity index (χ3n) is 5.85. The molecule has 0 aromatic carbocycles. The summed E-state index contributed by atoms with van der Waals surface area (Å²) in [6.45, 7) is 12.1. The summed E-state index contributed by atoms with van der Waals surface area (Å²) in [5.74, 6) is 3.36. The second-order valence-electron chi connectivity index (χ2n) is 8.05. The lowest BCUT2D eigenvalue weighted by atomic mass is 10.1. The Kier molecular flexibility index (Phi) is 5.13. The van der Waals surface area contributed by atoms with Crippen LogP contribution in [-0.2, 0) is 13.0 Å². The van der Waals surface area contributed by atoms with Gasteiger partial charge >= 0.3 is 0 Å². The lowest BCUT2D eigenvalue weighted by Gasteiger charge is -2.47. The Hall–Kier alpha value is -1.67. The van der Waals surface area contributed by atoms with Gasteiger partial charge in [0.05, 0.1) is 6.54 Å². The molecule has 4 aliphatic heterocycles. The Bertz CT molecular complexity index is 644. The fourth-order valence-corrected chi connectivity index (χ4v) is 4.21. The summed E-state index contributed by atoms with van der Waals surface area (Å²) in [4.78, 5) is 14.3. The van der Waals surface area contributed by atoms with Crippen LogP contribution in [0.4, 0.5) is 0 Å². The Morgan fingerprint density at radius 3 is 2.69 bits per heavy atom. The Balaban J connectivity index is 1.30. The molecule has 1 aromatic rings. The minimum Gasteiger partial charge on any atom is -0.355 e. The van der Waals surface area contributed by atoms with Crippen LogP contribution in [0.25, 0.3) is 0 Å². The van der Waals surface area contributed by atoms with Crippen molar-refractivity contribution in [1.29, 1.82) is 0 Å². The van der Waals surface area contributed by atoms with Crippen LogP contribution in [-0.4, -0.2) is 88.9 Å². The van der Waals surface area contributed by atoms with Crippen LogP contribution in [0.3, 0.4) is 0 Å². The smallest absolute Gasteiger partial charge is 0.191 e. The standard InChI is InChI=1S/C18H32N8/c1-13(2)17-22-16-5-4-14(11-26(16)23-17)21-18(19-3)20-10-15-12-24-6-8-25(15)9-7-24/h13-15H,4-12H2,1-3H3,(H2,19,20,21). The molecule has 2 unspecified atom stereocenters. The van der Waals surface area contributed by atoms with Crippen molar-refractivity contribution in [3.63, 3.8) is 0 Å². The van der Waals surface area contributed by atoms with Gasteiger partial charge in [0.15, 0.2) is 11.8 Å². The average Bonchev–Trinajstić information content (AvgIpc) is 3.10. The summed E-state index contributed by atoms with van der Waals surface area (Å²) in [6.07, 6.45) is 2.04. The molecule has 26 heavy (non-hydrogen) atoms. The molecular weight excluding hydrogens is 328 g/mol. The summed E-state index contributed by atoms with van der Waals surface area (Å²) in [5.41, 5.74) is 0. The molecule has 8 heteroatoms. The second-order valence-corrected chi connectivity index (χ2v) is 8.05. The molecule has 0 amide bonds. The number of piperazine rings is 3. The van der Waals surface area contributed by atoms with Gasteiger partial charge in [0, 0.05) is 70.7 Å². The number of hydrogen-bond donors (Lipinski definition) is 2. The molecule has 3 saturated heterocycles. The number of fused-ring (bicyclic) bond motifs is 4. The number of nitrogens with zero attached hydrogens (tertiary/aromatic N) is 6. The highest BCUT2D eigenvalue weighted by Gasteiger charge is 2.31. The highest BCUT2D eigenvalue weighted by atomic mass is 15.4. The van der Waals surface area contributed by atoms with Crippen molar-refractivity contribution in [2.75, 3.05) is 46.3 Å². The topological polar surface area (TPSA) is 73.6 Å². The van der Waals surface area contributed by atoms with Gasteiger partial charge < -0.3 is 10.6 Å². The Morgan fingerprint density at radius 2 is 2.04 bits per heavy atom. The van der Waals surface area contributed by atoms with Crippen molar-refractivity contribution >= 4 is 5.96 Å². The first-order valence-corrected chi connectivity index (χ1v) is 9.99. The molecule has 0 spiro atoms. The third-order valence-corrected chi connectivity index (χ3v) is 5.85. The van der Waals surface area contributed by atoms with E-state index in [1.807, 2.05) is 7.05 Å². The van der Waals surface area contributed by atoms with E-state index >= 15 is 0 Å². The van der Waals surface area contributed by atoms with Gasteiger partial charge in [0.2, 0.25) is 0 Å². The van der Waals surface area contributed by atoms with E-state index in [1.165, 1.54) is 32.7 Å². The van der Waals surface area contributed by atoms with Crippen LogP contribution in [0.1, 0.15) is 37.8 Å². The number of guanidine groups is 1. The largest absolute Gasteiger partial charge is 0.355 e. The number of aliphatic imine (C=N–C) groups is 1. The highest BCUT2D eigenvalue weighted by molar-refractivity contribution is 5.80. The molecule has 0 saturated carbocycles. The predicted molar refractivity (Wildman–Crippen MR) is 103 cm³/mol. The van der Waals surface area contributed by atoms with Crippen LogP contribution in [0, 0.1) is 0 Å². The molecule has 4 aliphatic rings. The molecule has 2 N–H and O–H groups in total. The van der Waals surface area contributed by atoms with Crippen LogP contribution < -0.4 is 10.6 Å². The van der Waals surface area contributed by atoms with Crippen molar-refractivity contribution in [2.24, 2.45) is 4.99 Å². The molecule has 0 radical (unpaired) electrons. The van der Waals surface area contributed by atoms with E-state index in [2.05, 4.69) is 54.0 Å². The van der Waals surface area contributed by atoms with Crippen molar-refractivity contribution in [2.45, 2.75) is 51.2 Å². The first kappa shape index (κ1) is 17.7. The van der Waals surface area contributed by atoms with E-state index in [4.69, 9.17) is 0 Å². The van der Waals surface area contributed by atoms with E-state index in [0.29, 0.717) is 18.0 Å². The molecular formula is C18H32N8. The summed E-state index contributed by atoms with van der Waals surface area (Å²) in [7, 11) is 1.85. The van der Waals surface area contributed by atoms with Crippen LogP contribution in [0.15, 0.2) is 4.99 Å². The van der Waals surface area contributed by atoms with Gasteiger partial charge in [0.1, 0.15) is 5.82 Å². The lowest BCUT2D eigenvalue weighted by Crippen LogP contribution is -2.64. The Labute approximate surface area is 156 Å². The van der Waals surface area contributed by atoms with Gasteiger partial charge in [0.25, 0.3) is 0 Å². The zero-order chi connectivity index (χ0) is 18.1. The van der Waals surface area contributed by atoms with Gasteiger partial charge in [-0.2, -0.15) is 5.10 Å². The average molecular weight is 361 g/mol. The van der Waals surface area contributed by atoms with E-state index in [1.54, 1.807) is 0 Å². The van der Waals surface area contributed by atoms with Gasteiger partial charge in [-0.05, 0) is 6.42 Å². The first-order valence-electron chi connectivity index (χ1n) is 9.99. The van der Waals surface area contributed by atoms with Crippen LogP contribution >= 0.6 is 0 Å². The maximum Gasteiger partial charge on any atom is 0.191 e. The van der Waals surface area contributed by atoms with E-state index in [0.717, 1.165) is 43.5 Å². The molecule has 5 heterocycles. The van der Waals surface area contributed by atoms with E-state index in [9.17, 15) is 0 Å². The molecule has 2 atom stereocenters. The predicted octanol–water partition coefficient (Wildman–Crippen LogP) is -0.119. The number of aryl methyl sites for hydroxylation is 1. The molecule has 8 nitrogen and oxygen atoms in total. The molecule has 5 rings (SSSR count). The second kappa shape index (κ2) is 7.52. The zero-order valence-electron chi connectivity index (χ0n) is 16.3. The fraction of sp³-hybridized carbons (Fsp3) is 0.833. The fourth-order valence-electron chi connectivity index (χ4n) is 4.21. The van der Waals surface area contributed by atoms with Gasteiger partial charge in [-0.1, -0.05) is 13.8 Å². The summed E-state index contributed by atoms with van der Waals surface area (Å²) in [6, 6.07) is 0.945. The third kappa shape index (κ3) is 3.71. The summed E-state index contributed by atoms with van der Waals surface area (Å²) >= 11 is 0. The SMILES string of the molecule is CN=C(NCC1CN2CCN1CC2)NC1CCc2nc(C(C)C)nn2C1. The van der Waals surface area contributed by atoms with Crippen LogP contribution in [0.2, 0.25) is 0 Å². The quantitative estimate of drug-likeness (QED) is 0.576. The van der Waals surface area contributed by atoms with Gasteiger partial charge in [-0.3, -0.25) is 14.8 Å². The van der Waals surface area contributed by atoms with E-state index < -0.39 is 0 Å². The molecule has 0 aliphatic carbocycles. The van der Waals surface area contributed by atoms with Crippen molar-refractivity contribution in [3.8, 4) is 0 Å². The van der Waals surface area contributed by atoms with Gasteiger partial charge in [-0.15, -0.1) is 0 Å². The highest BCUT2D eigenvalue weighted by Crippen LogP contribution is 2.17. The minimum absolute atomic E-state index is 0.349. The molecule has 3 fully saturated rings. The monoisotopic (exact) mass is 360 g/mol. The van der Waals surface area contributed by atoms with Crippen LogP contribution in [0.5, 0.6) is 0 Å². The first-order chi connectivity index (χ1) is 12.6.